The van der Waals surface area contributed by atoms with Crippen LogP contribution in [0.3, 0.4) is 0 Å². The molecule has 0 aromatic carbocycles. The van der Waals surface area contributed by atoms with E-state index in [1.165, 1.54) is 0 Å². The Kier molecular flexibility index (Phi) is 1.38. The number of nitrogens with one attached hydrogen (secondary N) is 1. The van der Waals surface area contributed by atoms with E-state index in [0.29, 0.717) is 13.2 Å². The molecule has 1 heterocycles. The number of hydrogen-bond donors (Lipinski definition) is 1. The van der Waals surface area contributed by atoms with E-state index in [1.807, 2.05) is 6.29 Å². The number of carbonyl (C=O) groups excluding carboxylic acids is 1. The lowest BCUT2D eigenvalue weighted by atomic mass is 10.2. The Hall–Kier alpha value is -0.410. The fourth-order valence-electron chi connectivity index (χ4n) is 0.454. The van der Waals surface area contributed by atoms with Gasteiger partial charge in [-0.15, -0.1) is 0 Å². The van der Waals surface area contributed by atoms with E-state index in [9.17, 15) is 4.79 Å². The van der Waals surface area contributed by atoms with Crippen molar-refractivity contribution in [3.05, 3.63) is 0 Å². The highest BCUT2D eigenvalue weighted by Crippen LogP contribution is 1.95. The smallest absolute Gasteiger partial charge is 0.205 e. The van der Waals surface area contributed by atoms with Gasteiger partial charge in [-0.05, 0) is 0 Å². The van der Waals surface area contributed by atoms with E-state index in [4.69, 9.17) is 0 Å². The lowest BCUT2D eigenvalue weighted by Crippen LogP contribution is -2.08. The summed E-state index contributed by atoms with van der Waals surface area (Å²) >= 11 is 0. The van der Waals surface area contributed by atoms with Crippen molar-refractivity contribution >= 4 is 6.29 Å². The van der Waals surface area contributed by atoms with Crippen molar-refractivity contribution in [2.75, 3.05) is 13.2 Å². The van der Waals surface area contributed by atoms with Crippen molar-refractivity contribution < 1.29 is 9.63 Å². The van der Waals surface area contributed by atoms with Crippen LogP contribution in [0.5, 0.6) is 0 Å². The van der Waals surface area contributed by atoms with Gasteiger partial charge in [-0.3, -0.25) is 4.79 Å². The van der Waals surface area contributed by atoms with Gasteiger partial charge < -0.3 is 4.84 Å². The summed E-state index contributed by atoms with van der Waals surface area (Å²) in [7, 11) is 0. The second kappa shape index (κ2) is 2.04. The molecule has 1 atom stereocenters. The zero-order valence-corrected chi connectivity index (χ0v) is 3.81. The molecule has 0 bridgehead atoms. The molecule has 7 heavy (non-hydrogen) atoms. The predicted octanol–water partition coefficient (Wildman–Crippen LogP) is -0.753. The Bertz CT molecular complexity index is 68.1. The molecule has 1 rings (SSSR count). The van der Waals surface area contributed by atoms with Gasteiger partial charge in [0.1, 0.15) is 0 Å². The molecule has 0 aromatic rings. The zero-order chi connectivity index (χ0) is 5.11. The first kappa shape index (κ1) is 4.74. The van der Waals surface area contributed by atoms with Crippen LogP contribution in [-0.2, 0) is 9.63 Å². The van der Waals surface area contributed by atoms with Gasteiger partial charge in [-0.1, -0.05) is 0 Å². The quantitative estimate of drug-likeness (QED) is 0.471. The van der Waals surface area contributed by atoms with Crippen LogP contribution in [0.1, 0.15) is 0 Å². The van der Waals surface area contributed by atoms with Crippen LogP contribution >= 0.6 is 0 Å². The number of rotatable bonds is 1. The van der Waals surface area contributed by atoms with Crippen LogP contribution in [0.4, 0.5) is 0 Å². The highest BCUT2D eigenvalue weighted by molar-refractivity contribution is 5.55. The summed E-state index contributed by atoms with van der Waals surface area (Å²) in [6.07, 6.45) is 1.83. The van der Waals surface area contributed by atoms with Crippen molar-refractivity contribution in [1.29, 1.82) is 0 Å². The molecule has 0 amide bonds. The van der Waals surface area contributed by atoms with Crippen LogP contribution in [0.2, 0.25) is 0 Å². The number of hydrogen-bond acceptors (Lipinski definition) is 3. The maximum atomic E-state index is 9.76. The average molecular weight is 100 g/mol. The highest BCUT2D eigenvalue weighted by atomic mass is 16.7. The van der Waals surface area contributed by atoms with E-state index in [-0.39, 0.29) is 5.92 Å². The topological polar surface area (TPSA) is 38.3 Å². The normalized spacial score (nSPS) is 30.6. The highest BCUT2D eigenvalue weighted by Gasteiger charge is 2.13. The monoisotopic (exact) mass is 100 g/mol. The van der Waals surface area contributed by atoms with Crippen LogP contribution < -0.4 is 5.48 Å². The maximum Gasteiger partial charge on any atom is 0.205 e. The molecule has 1 unspecified atom stereocenters. The van der Waals surface area contributed by atoms with Crippen LogP contribution in [0.25, 0.3) is 0 Å². The van der Waals surface area contributed by atoms with Gasteiger partial charge >= 0.3 is 0 Å². The average Bonchev–Trinajstić information content (AvgIpc) is 2.14. The summed E-state index contributed by atoms with van der Waals surface area (Å²) in [5, 5.41) is 0. The summed E-state index contributed by atoms with van der Waals surface area (Å²) in [4.78, 5) is 14.4. The first-order chi connectivity index (χ1) is 3.43. The van der Waals surface area contributed by atoms with Crippen molar-refractivity contribution in [3.63, 3.8) is 0 Å². The zero-order valence-electron chi connectivity index (χ0n) is 3.81. The molecule has 0 aromatic heterocycles. The van der Waals surface area contributed by atoms with Crippen molar-refractivity contribution in [2.24, 2.45) is 5.92 Å². The van der Waals surface area contributed by atoms with Crippen molar-refractivity contribution in [2.45, 2.75) is 0 Å². The lowest BCUT2D eigenvalue weighted by Gasteiger charge is -1.84. The van der Waals surface area contributed by atoms with E-state index in [2.05, 4.69) is 10.3 Å². The number of hydroxylamine groups is 1. The minimum Gasteiger partial charge on any atom is -0.301 e. The molecule has 1 N–H and O–H groups in total. The van der Waals surface area contributed by atoms with Gasteiger partial charge in [0.25, 0.3) is 0 Å². The Morgan fingerprint density at radius 2 is 2.71 bits per heavy atom. The predicted molar refractivity (Wildman–Crippen MR) is 23.1 cm³/mol. The first-order valence-electron chi connectivity index (χ1n) is 2.16. The maximum absolute atomic E-state index is 9.76. The molecule has 0 aliphatic carbocycles. The second-order valence-corrected chi connectivity index (χ2v) is 1.47. The van der Waals surface area contributed by atoms with Gasteiger partial charge in [-0.2, -0.15) is 0 Å². The third kappa shape index (κ3) is 0.976. The van der Waals surface area contributed by atoms with Crippen molar-refractivity contribution in [1.82, 2.24) is 5.48 Å². The van der Waals surface area contributed by atoms with Crippen molar-refractivity contribution in [3.8, 4) is 0 Å². The third-order valence-electron chi connectivity index (χ3n) is 0.883. The van der Waals surface area contributed by atoms with Gasteiger partial charge in [0.2, 0.25) is 6.29 Å². The molecule has 1 fully saturated rings. The van der Waals surface area contributed by atoms with E-state index in [1.54, 1.807) is 0 Å². The molecule has 1 aliphatic rings. The molecule has 39 valence electrons. The van der Waals surface area contributed by atoms with E-state index in [0.717, 1.165) is 0 Å². The Morgan fingerprint density at radius 3 is 3.00 bits per heavy atom. The fourth-order valence-corrected chi connectivity index (χ4v) is 0.454. The fraction of sp³-hybridized carbons (Fsp3) is 0.750. The van der Waals surface area contributed by atoms with Gasteiger partial charge in [0.05, 0.1) is 12.5 Å². The minimum atomic E-state index is -0.0417. The second-order valence-electron chi connectivity index (χ2n) is 1.47. The van der Waals surface area contributed by atoms with Crippen LogP contribution in [-0.4, -0.2) is 19.4 Å². The molecule has 1 aliphatic heterocycles. The molecule has 0 saturated carbocycles. The Morgan fingerprint density at radius 1 is 1.86 bits per heavy atom. The molecule has 1 radical (unpaired) electrons. The standard InChI is InChI=1S/C4H6NO2/c6-2-4-1-5-7-3-4/h4-5H,1,3H2. The molecule has 3 heteroatoms. The molecule has 1 saturated heterocycles. The van der Waals surface area contributed by atoms with E-state index < -0.39 is 0 Å². The summed E-state index contributed by atoms with van der Waals surface area (Å²) in [6.45, 7) is 1.09. The molecular weight excluding hydrogens is 94.0 g/mol. The Labute approximate surface area is 41.6 Å². The van der Waals surface area contributed by atoms with E-state index >= 15 is 0 Å². The largest absolute Gasteiger partial charge is 0.301 e. The van der Waals surface area contributed by atoms with Gasteiger partial charge in [-0.25, -0.2) is 5.48 Å². The molecule has 3 nitrogen and oxygen atoms in total. The lowest BCUT2D eigenvalue weighted by molar-refractivity contribution is 0.100. The summed E-state index contributed by atoms with van der Waals surface area (Å²) in [6, 6.07) is 0. The van der Waals surface area contributed by atoms with Crippen LogP contribution in [0.15, 0.2) is 0 Å². The summed E-state index contributed by atoms with van der Waals surface area (Å²) in [5.41, 5.74) is 2.56. The SMILES string of the molecule is O=[C]C1CNOC1. The van der Waals surface area contributed by atoms with Gasteiger partial charge in [0.15, 0.2) is 0 Å². The van der Waals surface area contributed by atoms with Gasteiger partial charge in [0, 0.05) is 6.54 Å². The molecule has 0 spiro atoms. The summed E-state index contributed by atoms with van der Waals surface area (Å²) < 4.78 is 0. The Balaban J connectivity index is 2.26. The first-order valence-corrected chi connectivity index (χ1v) is 2.16. The minimum absolute atomic E-state index is 0.0417. The third-order valence-corrected chi connectivity index (χ3v) is 0.883. The van der Waals surface area contributed by atoms with Crippen LogP contribution in [0, 0.1) is 5.92 Å². The summed E-state index contributed by atoms with van der Waals surface area (Å²) in [5.74, 6) is -0.0417. The molecular formula is C4H6NO2.